The number of carboxylic acids is 1. The minimum Gasteiger partial charge on any atom is -0.477 e. The Labute approximate surface area is 66.3 Å². The third kappa shape index (κ3) is 5.39. The Hall–Kier alpha value is -1.06. The summed E-state index contributed by atoms with van der Waals surface area (Å²) >= 11 is 0. The number of nitrogens with one attached hydrogen (secondary N) is 1. The van der Waals surface area contributed by atoms with Crippen LogP contribution in [0.3, 0.4) is 0 Å². The van der Waals surface area contributed by atoms with Gasteiger partial charge in [-0.1, -0.05) is 13.8 Å². The van der Waals surface area contributed by atoms with Crippen molar-refractivity contribution >= 4 is 11.7 Å². The van der Waals surface area contributed by atoms with E-state index in [-0.39, 0.29) is 5.71 Å². The Morgan fingerprint density at radius 2 is 2.18 bits per heavy atom. The average molecular weight is 158 g/mol. The lowest BCUT2D eigenvalue weighted by Gasteiger charge is -2.02. The molecule has 0 aliphatic rings. The maximum absolute atomic E-state index is 10.2. The molecule has 0 saturated carbocycles. The molecule has 0 fully saturated rings. The van der Waals surface area contributed by atoms with Crippen LogP contribution in [0.5, 0.6) is 0 Å². The second kappa shape index (κ2) is 4.71. The predicted octanol–water partition coefficient (Wildman–Crippen LogP) is 0.692. The van der Waals surface area contributed by atoms with Crippen LogP contribution in [0.1, 0.15) is 20.8 Å². The van der Waals surface area contributed by atoms with Crippen LogP contribution in [-0.2, 0) is 4.79 Å². The molecule has 0 amide bonds. The van der Waals surface area contributed by atoms with E-state index in [1.165, 1.54) is 6.92 Å². The second-order valence-electron chi connectivity index (χ2n) is 2.76. The van der Waals surface area contributed by atoms with Crippen molar-refractivity contribution in [3.63, 3.8) is 0 Å². The highest BCUT2D eigenvalue weighted by Gasteiger charge is 2.00. The van der Waals surface area contributed by atoms with Crippen LogP contribution in [0.25, 0.3) is 0 Å². The van der Waals surface area contributed by atoms with Gasteiger partial charge in [-0.2, -0.15) is 5.10 Å². The van der Waals surface area contributed by atoms with Crippen LogP contribution < -0.4 is 5.43 Å². The summed E-state index contributed by atoms with van der Waals surface area (Å²) in [6.07, 6.45) is 0. The van der Waals surface area contributed by atoms with Crippen molar-refractivity contribution in [2.24, 2.45) is 11.0 Å². The monoisotopic (exact) mass is 158 g/mol. The van der Waals surface area contributed by atoms with Gasteiger partial charge in [0.15, 0.2) is 0 Å². The van der Waals surface area contributed by atoms with E-state index in [4.69, 9.17) is 5.11 Å². The summed E-state index contributed by atoms with van der Waals surface area (Å²) in [6.45, 7) is 6.21. The van der Waals surface area contributed by atoms with E-state index in [1.54, 1.807) is 0 Å². The first-order valence-electron chi connectivity index (χ1n) is 3.54. The van der Waals surface area contributed by atoms with Crippen molar-refractivity contribution in [2.75, 3.05) is 6.54 Å². The molecular formula is C7H14N2O2. The highest BCUT2D eigenvalue weighted by atomic mass is 16.4. The van der Waals surface area contributed by atoms with Crippen molar-refractivity contribution in [3.8, 4) is 0 Å². The SMILES string of the molecule is C/C(=N/NCC(C)C)C(=O)O. The number of carboxylic acid groups (broad SMARTS) is 1. The van der Waals surface area contributed by atoms with Crippen LogP contribution in [0, 0.1) is 5.92 Å². The number of carbonyl (C=O) groups is 1. The number of aliphatic carboxylic acids is 1. The van der Waals surface area contributed by atoms with E-state index < -0.39 is 5.97 Å². The van der Waals surface area contributed by atoms with Crippen molar-refractivity contribution in [1.82, 2.24) is 5.43 Å². The zero-order valence-corrected chi connectivity index (χ0v) is 7.09. The minimum atomic E-state index is -0.985. The fourth-order valence-corrected chi connectivity index (χ4v) is 0.395. The van der Waals surface area contributed by atoms with E-state index in [0.29, 0.717) is 12.5 Å². The summed E-state index contributed by atoms with van der Waals surface area (Å²) in [5, 5.41) is 12.0. The van der Waals surface area contributed by atoms with Gasteiger partial charge in [0, 0.05) is 6.54 Å². The summed E-state index contributed by atoms with van der Waals surface area (Å²) in [6, 6.07) is 0. The third-order valence-electron chi connectivity index (χ3n) is 1.06. The Kier molecular flexibility index (Phi) is 4.26. The minimum absolute atomic E-state index is 0.0886. The Morgan fingerprint density at radius 3 is 2.55 bits per heavy atom. The number of hydrogen-bond acceptors (Lipinski definition) is 3. The molecule has 0 aromatic rings. The molecule has 4 nitrogen and oxygen atoms in total. The Bertz CT molecular complexity index is 164. The summed E-state index contributed by atoms with van der Waals surface area (Å²) in [4.78, 5) is 10.2. The molecular weight excluding hydrogens is 144 g/mol. The molecule has 0 atom stereocenters. The number of hydrazone groups is 1. The molecule has 0 saturated heterocycles. The Balaban J connectivity index is 3.65. The summed E-state index contributed by atoms with van der Waals surface area (Å²) in [7, 11) is 0. The van der Waals surface area contributed by atoms with Gasteiger partial charge in [0.05, 0.1) is 0 Å². The molecule has 0 bridgehead atoms. The van der Waals surface area contributed by atoms with E-state index in [1.807, 2.05) is 13.8 Å². The lowest BCUT2D eigenvalue weighted by Crippen LogP contribution is -2.18. The molecule has 64 valence electrons. The first-order chi connectivity index (χ1) is 5.04. The lowest BCUT2D eigenvalue weighted by atomic mass is 10.2. The van der Waals surface area contributed by atoms with Gasteiger partial charge >= 0.3 is 5.97 Å². The third-order valence-corrected chi connectivity index (χ3v) is 1.06. The highest BCUT2D eigenvalue weighted by molar-refractivity contribution is 6.34. The van der Waals surface area contributed by atoms with Gasteiger partial charge in [0.2, 0.25) is 0 Å². The van der Waals surface area contributed by atoms with Gasteiger partial charge in [-0.05, 0) is 12.8 Å². The van der Waals surface area contributed by atoms with Gasteiger partial charge in [0.1, 0.15) is 5.71 Å². The van der Waals surface area contributed by atoms with Crippen molar-refractivity contribution in [2.45, 2.75) is 20.8 Å². The van der Waals surface area contributed by atoms with E-state index in [0.717, 1.165) is 0 Å². The molecule has 0 rings (SSSR count). The number of hydrogen-bond donors (Lipinski definition) is 2. The van der Waals surface area contributed by atoms with Crippen LogP contribution in [0.15, 0.2) is 5.10 Å². The quantitative estimate of drug-likeness (QED) is 0.467. The molecule has 0 aromatic carbocycles. The maximum Gasteiger partial charge on any atom is 0.351 e. The van der Waals surface area contributed by atoms with Crippen LogP contribution in [0.2, 0.25) is 0 Å². The maximum atomic E-state index is 10.2. The molecule has 0 radical (unpaired) electrons. The first kappa shape index (κ1) is 9.94. The number of rotatable bonds is 4. The molecule has 0 spiro atoms. The largest absolute Gasteiger partial charge is 0.477 e. The smallest absolute Gasteiger partial charge is 0.351 e. The zero-order chi connectivity index (χ0) is 8.85. The highest BCUT2D eigenvalue weighted by Crippen LogP contribution is 1.86. The molecule has 11 heavy (non-hydrogen) atoms. The van der Waals surface area contributed by atoms with E-state index in [9.17, 15) is 4.79 Å². The van der Waals surface area contributed by atoms with Crippen molar-refractivity contribution < 1.29 is 9.90 Å². The fourth-order valence-electron chi connectivity index (χ4n) is 0.395. The average Bonchev–Trinajstić information content (AvgIpc) is 1.86. The first-order valence-corrected chi connectivity index (χ1v) is 3.54. The van der Waals surface area contributed by atoms with Crippen molar-refractivity contribution in [3.05, 3.63) is 0 Å². The number of nitrogens with zero attached hydrogens (tertiary/aromatic N) is 1. The van der Waals surface area contributed by atoms with Crippen LogP contribution >= 0.6 is 0 Å². The molecule has 2 N–H and O–H groups in total. The van der Waals surface area contributed by atoms with Gasteiger partial charge in [-0.25, -0.2) is 4.79 Å². The fraction of sp³-hybridized carbons (Fsp3) is 0.714. The molecule has 0 unspecified atom stereocenters. The molecule has 0 aromatic heterocycles. The molecule has 0 aliphatic heterocycles. The van der Waals surface area contributed by atoms with Crippen LogP contribution in [-0.4, -0.2) is 23.3 Å². The summed E-state index contributed by atoms with van der Waals surface area (Å²) in [5.41, 5.74) is 2.76. The van der Waals surface area contributed by atoms with Gasteiger partial charge in [0.25, 0.3) is 0 Å². The van der Waals surface area contributed by atoms with Crippen LogP contribution in [0.4, 0.5) is 0 Å². The Morgan fingerprint density at radius 1 is 1.64 bits per heavy atom. The van der Waals surface area contributed by atoms with Gasteiger partial charge in [-0.15, -0.1) is 0 Å². The molecule has 4 heteroatoms. The van der Waals surface area contributed by atoms with E-state index in [2.05, 4.69) is 10.5 Å². The standard InChI is InChI=1S/C7H14N2O2/c1-5(2)4-8-9-6(3)7(10)11/h5,8H,4H2,1-3H3,(H,10,11)/b9-6-. The van der Waals surface area contributed by atoms with E-state index >= 15 is 0 Å². The van der Waals surface area contributed by atoms with Gasteiger partial charge < -0.3 is 10.5 Å². The lowest BCUT2D eigenvalue weighted by molar-refractivity contribution is -0.129. The topological polar surface area (TPSA) is 61.7 Å². The normalized spacial score (nSPS) is 11.8. The molecule has 0 heterocycles. The summed E-state index contributed by atoms with van der Waals surface area (Å²) < 4.78 is 0. The van der Waals surface area contributed by atoms with Crippen molar-refractivity contribution in [1.29, 1.82) is 0 Å². The van der Waals surface area contributed by atoms with Gasteiger partial charge in [-0.3, -0.25) is 0 Å². The summed E-state index contributed by atoms with van der Waals surface area (Å²) in [5.74, 6) is -0.512. The zero-order valence-electron chi connectivity index (χ0n) is 7.09. The second-order valence-corrected chi connectivity index (χ2v) is 2.76. The predicted molar refractivity (Wildman–Crippen MR) is 43.6 cm³/mol. The molecule has 0 aliphatic carbocycles.